The van der Waals surface area contributed by atoms with Gasteiger partial charge < -0.3 is 19.8 Å². The average Bonchev–Trinajstić information content (AvgIpc) is 3.30. The molecule has 0 aliphatic carbocycles. The molecule has 5 heteroatoms. The molecule has 0 saturated carbocycles. The molecule has 4 rings (SSSR count). The number of nitrogens with two attached hydrogens (primary N) is 1. The number of nitrogen functional groups attached to an aromatic ring is 1. The molecule has 0 spiro atoms. The summed E-state index contributed by atoms with van der Waals surface area (Å²) in [4.78, 5) is 7.10. The number of aromatic nitrogens is 1. The summed E-state index contributed by atoms with van der Waals surface area (Å²) in [6.07, 6.45) is 3.71. The van der Waals surface area contributed by atoms with Gasteiger partial charge in [0.25, 0.3) is 0 Å². The van der Waals surface area contributed by atoms with Gasteiger partial charge in [-0.2, -0.15) is 0 Å². The fraction of sp³-hybridized carbons (Fsp3) is 0.381. The van der Waals surface area contributed by atoms with E-state index in [4.69, 9.17) is 14.9 Å². The van der Waals surface area contributed by atoms with Crippen molar-refractivity contribution in [1.82, 2.24) is 9.88 Å². The van der Waals surface area contributed by atoms with Crippen molar-refractivity contribution in [3.63, 3.8) is 0 Å². The topological polar surface area (TPSA) is 64.5 Å². The number of likely N-dealkylation sites (tertiary alicyclic amines) is 1. The Hall–Kier alpha value is -2.53. The molecule has 5 nitrogen and oxygen atoms in total. The highest BCUT2D eigenvalue weighted by Gasteiger charge is 2.12. The maximum atomic E-state index is 6.00. The lowest BCUT2D eigenvalue weighted by Crippen LogP contribution is -2.21. The number of hydrogen-bond donors (Lipinski definition) is 1. The summed E-state index contributed by atoms with van der Waals surface area (Å²) in [6, 6.07) is 11.7. The highest BCUT2D eigenvalue weighted by atomic mass is 16.5. The second kappa shape index (κ2) is 7.38. The first-order chi connectivity index (χ1) is 12.7. The molecule has 2 heterocycles. The van der Waals surface area contributed by atoms with Gasteiger partial charge in [0.05, 0.1) is 6.61 Å². The first kappa shape index (κ1) is 16.9. The maximum absolute atomic E-state index is 6.00. The normalized spacial score (nSPS) is 15.0. The largest absolute Gasteiger partial charge is 0.493 e. The van der Waals surface area contributed by atoms with Gasteiger partial charge in [0, 0.05) is 23.9 Å². The van der Waals surface area contributed by atoms with Crippen LogP contribution in [0, 0.1) is 6.92 Å². The average molecular weight is 351 g/mol. The third kappa shape index (κ3) is 3.68. The van der Waals surface area contributed by atoms with Crippen molar-refractivity contribution in [2.24, 2.45) is 0 Å². The van der Waals surface area contributed by atoms with Crippen LogP contribution in [-0.4, -0.2) is 36.1 Å². The van der Waals surface area contributed by atoms with E-state index in [1.54, 1.807) is 0 Å². The van der Waals surface area contributed by atoms with E-state index in [1.807, 2.05) is 43.3 Å². The first-order valence-corrected chi connectivity index (χ1v) is 9.31. The van der Waals surface area contributed by atoms with Gasteiger partial charge in [0.15, 0.2) is 5.58 Å². The second-order valence-electron chi connectivity index (χ2n) is 6.97. The van der Waals surface area contributed by atoms with Gasteiger partial charge in [-0.25, -0.2) is 4.98 Å². The van der Waals surface area contributed by atoms with Crippen LogP contribution in [-0.2, 0) is 0 Å². The maximum Gasteiger partial charge on any atom is 0.227 e. The molecule has 0 amide bonds. The van der Waals surface area contributed by atoms with Crippen LogP contribution in [0.25, 0.3) is 22.6 Å². The lowest BCUT2D eigenvalue weighted by molar-refractivity contribution is 0.263. The van der Waals surface area contributed by atoms with Gasteiger partial charge in [-0.05, 0) is 69.1 Å². The molecule has 1 fully saturated rings. The molecule has 136 valence electrons. The van der Waals surface area contributed by atoms with Crippen LogP contribution in [0.5, 0.6) is 5.75 Å². The number of oxazole rings is 1. The third-order valence-electron chi connectivity index (χ3n) is 4.97. The summed E-state index contributed by atoms with van der Waals surface area (Å²) in [6.45, 7) is 6.29. The number of rotatable bonds is 6. The van der Waals surface area contributed by atoms with Gasteiger partial charge >= 0.3 is 0 Å². The van der Waals surface area contributed by atoms with Crippen LogP contribution in [0.2, 0.25) is 0 Å². The van der Waals surface area contributed by atoms with Crippen LogP contribution in [0.1, 0.15) is 24.8 Å². The molecular formula is C21H25N3O2. The summed E-state index contributed by atoms with van der Waals surface area (Å²) in [7, 11) is 0. The van der Waals surface area contributed by atoms with E-state index in [1.165, 1.54) is 25.9 Å². The van der Waals surface area contributed by atoms with Crippen molar-refractivity contribution < 1.29 is 9.15 Å². The van der Waals surface area contributed by atoms with Gasteiger partial charge in [-0.1, -0.05) is 6.07 Å². The molecule has 0 unspecified atom stereocenters. The Morgan fingerprint density at radius 2 is 2.00 bits per heavy atom. The highest BCUT2D eigenvalue weighted by molar-refractivity contribution is 5.78. The van der Waals surface area contributed by atoms with Crippen LogP contribution < -0.4 is 10.5 Å². The highest BCUT2D eigenvalue weighted by Crippen LogP contribution is 2.28. The Morgan fingerprint density at radius 1 is 1.15 bits per heavy atom. The van der Waals surface area contributed by atoms with Crippen molar-refractivity contribution in [1.29, 1.82) is 0 Å². The number of hydrogen-bond acceptors (Lipinski definition) is 5. The molecule has 26 heavy (non-hydrogen) atoms. The zero-order valence-corrected chi connectivity index (χ0v) is 15.2. The second-order valence-corrected chi connectivity index (χ2v) is 6.97. The Balaban J connectivity index is 1.42. The number of anilines is 1. The Bertz CT molecular complexity index is 897. The van der Waals surface area contributed by atoms with Crippen molar-refractivity contribution >= 4 is 16.8 Å². The van der Waals surface area contributed by atoms with E-state index in [2.05, 4.69) is 9.88 Å². The van der Waals surface area contributed by atoms with E-state index >= 15 is 0 Å². The molecule has 1 aliphatic heterocycles. The summed E-state index contributed by atoms with van der Waals surface area (Å²) in [5, 5.41) is 0. The van der Waals surface area contributed by atoms with Gasteiger partial charge in [-0.3, -0.25) is 0 Å². The number of ether oxygens (including phenoxy) is 1. The summed E-state index contributed by atoms with van der Waals surface area (Å²) in [5.74, 6) is 1.42. The SMILES string of the molecule is Cc1ccc(-c2nc3cc(OCCCN4CCCC4)ccc3o2)cc1N. The predicted molar refractivity (Wildman–Crippen MR) is 104 cm³/mol. The summed E-state index contributed by atoms with van der Waals surface area (Å²) >= 11 is 0. The standard InChI is InChI=1S/C21H25N3O2/c1-15-5-6-16(13-18(15)22)21-23-19-14-17(7-8-20(19)26-21)25-12-4-11-24-9-2-3-10-24/h5-8,13-14H,2-4,9-12,22H2,1H3. The zero-order chi connectivity index (χ0) is 17.9. The molecule has 1 aliphatic rings. The Morgan fingerprint density at radius 3 is 2.81 bits per heavy atom. The minimum atomic E-state index is 0.581. The van der Waals surface area contributed by atoms with Crippen LogP contribution in [0.4, 0.5) is 5.69 Å². The lowest BCUT2D eigenvalue weighted by atomic mass is 10.1. The number of fused-ring (bicyclic) bond motifs is 1. The van der Waals surface area contributed by atoms with E-state index in [0.29, 0.717) is 5.89 Å². The van der Waals surface area contributed by atoms with Crippen molar-refractivity contribution in [3.05, 3.63) is 42.0 Å². The molecule has 1 saturated heterocycles. The van der Waals surface area contributed by atoms with Crippen molar-refractivity contribution in [2.45, 2.75) is 26.2 Å². The predicted octanol–water partition coefficient (Wildman–Crippen LogP) is 4.25. The molecule has 1 aromatic heterocycles. The van der Waals surface area contributed by atoms with E-state index < -0.39 is 0 Å². The third-order valence-corrected chi connectivity index (χ3v) is 4.97. The minimum absolute atomic E-state index is 0.581. The van der Waals surface area contributed by atoms with E-state index in [0.717, 1.165) is 53.2 Å². The van der Waals surface area contributed by atoms with Gasteiger partial charge in [-0.15, -0.1) is 0 Å². The molecule has 0 atom stereocenters. The van der Waals surface area contributed by atoms with Crippen molar-refractivity contribution in [3.8, 4) is 17.2 Å². The quantitative estimate of drug-likeness (QED) is 0.531. The van der Waals surface area contributed by atoms with Gasteiger partial charge in [0.1, 0.15) is 11.3 Å². The minimum Gasteiger partial charge on any atom is -0.493 e. The van der Waals surface area contributed by atoms with E-state index in [9.17, 15) is 0 Å². The van der Waals surface area contributed by atoms with Gasteiger partial charge in [0.2, 0.25) is 5.89 Å². The monoisotopic (exact) mass is 351 g/mol. The summed E-state index contributed by atoms with van der Waals surface area (Å²) < 4.78 is 11.8. The molecule has 0 radical (unpaired) electrons. The molecule has 3 aromatic rings. The fourth-order valence-corrected chi connectivity index (χ4v) is 3.38. The Kier molecular flexibility index (Phi) is 4.80. The smallest absolute Gasteiger partial charge is 0.227 e. The molecular weight excluding hydrogens is 326 g/mol. The fourth-order valence-electron chi connectivity index (χ4n) is 3.38. The van der Waals surface area contributed by atoms with Crippen molar-refractivity contribution in [2.75, 3.05) is 32.0 Å². The van der Waals surface area contributed by atoms with E-state index in [-0.39, 0.29) is 0 Å². The molecule has 0 bridgehead atoms. The number of nitrogens with zero attached hydrogens (tertiary/aromatic N) is 2. The number of aryl methyl sites for hydroxylation is 1. The Labute approximate surface area is 153 Å². The first-order valence-electron chi connectivity index (χ1n) is 9.31. The number of benzene rings is 2. The lowest BCUT2D eigenvalue weighted by Gasteiger charge is -2.14. The van der Waals surface area contributed by atoms with Crippen LogP contribution in [0.3, 0.4) is 0 Å². The summed E-state index contributed by atoms with van der Waals surface area (Å²) in [5.41, 5.74) is 10.2. The molecule has 2 aromatic carbocycles. The van der Waals surface area contributed by atoms with Crippen LogP contribution >= 0.6 is 0 Å². The van der Waals surface area contributed by atoms with Crippen LogP contribution in [0.15, 0.2) is 40.8 Å². The molecule has 2 N–H and O–H groups in total. The zero-order valence-electron chi connectivity index (χ0n) is 15.2.